The SMILES string of the molecule is C=Cc1nn(CC(=O)N2C3=C[C@]3(C)C[C@H]2C(=O)Nc2nc(Br)ccc2C)c2cnc(-c3cnc(C)nc3)cc12. The Morgan fingerprint density at radius 1 is 1.21 bits per heavy atom. The highest BCUT2D eigenvalue weighted by Gasteiger charge is 2.57. The minimum Gasteiger partial charge on any atom is -0.309 e. The molecular weight excluding hydrogens is 560 g/mol. The zero-order valence-electron chi connectivity index (χ0n) is 21.6. The van der Waals surface area contributed by atoms with E-state index in [4.69, 9.17) is 0 Å². The van der Waals surface area contributed by atoms with E-state index in [0.29, 0.717) is 39.6 Å². The van der Waals surface area contributed by atoms with Crippen LogP contribution in [0.15, 0.2) is 59.7 Å². The topological polar surface area (TPSA) is 119 Å². The van der Waals surface area contributed by atoms with Gasteiger partial charge < -0.3 is 10.2 Å². The molecule has 0 spiro atoms. The first-order chi connectivity index (χ1) is 18.7. The first kappa shape index (κ1) is 25.1. The number of carbonyl (C=O) groups is 2. The fourth-order valence-corrected chi connectivity index (χ4v) is 5.35. The molecule has 2 amide bonds. The monoisotopic (exact) mass is 584 g/mol. The molecule has 1 fully saturated rings. The summed E-state index contributed by atoms with van der Waals surface area (Å²) in [6.07, 6.45) is 9.34. The van der Waals surface area contributed by atoms with Crippen LogP contribution in [0.5, 0.6) is 0 Å². The second-order valence-corrected chi connectivity index (χ2v) is 10.9. The molecule has 39 heavy (non-hydrogen) atoms. The summed E-state index contributed by atoms with van der Waals surface area (Å²) in [5, 5.41) is 8.35. The number of aromatic nitrogens is 6. The van der Waals surface area contributed by atoms with Gasteiger partial charge in [-0.3, -0.25) is 19.3 Å². The smallest absolute Gasteiger partial charge is 0.249 e. The number of fused-ring (bicyclic) bond motifs is 2. The summed E-state index contributed by atoms with van der Waals surface area (Å²) in [5.41, 5.74) is 4.25. The molecule has 1 N–H and O–H groups in total. The molecular formula is C28H25BrN8O2. The van der Waals surface area contributed by atoms with Crippen LogP contribution in [0.25, 0.3) is 28.2 Å². The lowest BCUT2D eigenvalue weighted by atomic mass is 9.99. The first-order valence-corrected chi connectivity index (χ1v) is 13.2. The Kier molecular flexibility index (Phi) is 5.91. The van der Waals surface area contributed by atoms with Gasteiger partial charge in [-0.05, 0) is 60.0 Å². The standard InChI is InChI=1S/C28H25BrN8O2/c1-5-19-18-8-20(17-11-30-16(3)31-12-17)32-13-22(18)36(35-19)14-25(38)37-21(9-28(4)10-23(28)37)27(39)34-26-15(2)6-7-24(29)33-26/h5-8,10-13,21H,1,9,14H2,2-4H3,(H,33,34,39)/t21-,28-/m0/s1. The number of rotatable bonds is 6. The Labute approximate surface area is 233 Å². The van der Waals surface area contributed by atoms with E-state index in [1.54, 1.807) is 34.2 Å². The lowest BCUT2D eigenvalue weighted by molar-refractivity contribution is -0.135. The molecule has 0 saturated carbocycles. The Morgan fingerprint density at radius 2 is 1.97 bits per heavy atom. The minimum atomic E-state index is -0.644. The maximum Gasteiger partial charge on any atom is 0.249 e. The van der Waals surface area contributed by atoms with E-state index in [9.17, 15) is 9.59 Å². The summed E-state index contributed by atoms with van der Waals surface area (Å²) < 4.78 is 2.24. The highest BCUT2D eigenvalue weighted by atomic mass is 79.9. The van der Waals surface area contributed by atoms with E-state index in [-0.39, 0.29) is 23.8 Å². The van der Waals surface area contributed by atoms with Gasteiger partial charge in [-0.15, -0.1) is 0 Å². The number of carbonyl (C=O) groups excluding carboxylic acids is 2. The molecule has 4 aromatic rings. The van der Waals surface area contributed by atoms with Crippen LogP contribution in [-0.2, 0) is 16.1 Å². The van der Waals surface area contributed by atoms with Crippen molar-refractivity contribution in [2.75, 3.05) is 5.32 Å². The van der Waals surface area contributed by atoms with Crippen molar-refractivity contribution >= 4 is 50.5 Å². The lowest BCUT2D eigenvalue weighted by Gasteiger charge is -2.24. The van der Waals surface area contributed by atoms with Crippen molar-refractivity contribution in [3.63, 3.8) is 0 Å². The summed E-state index contributed by atoms with van der Waals surface area (Å²) in [6, 6.07) is 4.94. The highest BCUT2D eigenvalue weighted by Crippen LogP contribution is 2.56. The van der Waals surface area contributed by atoms with E-state index >= 15 is 0 Å². The predicted molar refractivity (Wildman–Crippen MR) is 150 cm³/mol. The van der Waals surface area contributed by atoms with Gasteiger partial charge in [0.05, 0.1) is 23.1 Å². The molecule has 0 radical (unpaired) electrons. The van der Waals surface area contributed by atoms with Crippen LogP contribution < -0.4 is 5.32 Å². The molecule has 1 aliphatic carbocycles. The summed E-state index contributed by atoms with van der Waals surface area (Å²) in [6.45, 7) is 9.58. The Bertz CT molecular complexity index is 1710. The maximum absolute atomic E-state index is 13.7. The van der Waals surface area contributed by atoms with Crippen molar-refractivity contribution in [3.8, 4) is 11.3 Å². The molecule has 11 heteroatoms. The average molecular weight is 585 g/mol. The van der Waals surface area contributed by atoms with E-state index in [1.165, 1.54) is 0 Å². The Morgan fingerprint density at radius 3 is 2.72 bits per heavy atom. The van der Waals surface area contributed by atoms with Crippen LogP contribution in [0.3, 0.4) is 0 Å². The lowest BCUT2D eigenvalue weighted by Crippen LogP contribution is -2.44. The zero-order valence-corrected chi connectivity index (χ0v) is 23.2. The van der Waals surface area contributed by atoms with Crippen LogP contribution in [0, 0.1) is 19.3 Å². The van der Waals surface area contributed by atoms with E-state index < -0.39 is 6.04 Å². The van der Waals surface area contributed by atoms with Crippen LogP contribution >= 0.6 is 15.9 Å². The normalized spacial score (nSPS) is 19.5. The number of nitrogens with zero attached hydrogens (tertiary/aromatic N) is 7. The number of pyridine rings is 2. The summed E-state index contributed by atoms with van der Waals surface area (Å²) in [5.74, 6) is 0.653. The van der Waals surface area contributed by atoms with Gasteiger partial charge in [0.25, 0.3) is 0 Å². The number of amides is 2. The van der Waals surface area contributed by atoms with Gasteiger partial charge >= 0.3 is 0 Å². The molecule has 2 aliphatic rings. The third-order valence-corrected chi connectivity index (χ3v) is 7.68. The van der Waals surface area contributed by atoms with Gasteiger partial charge in [-0.1, -0.05) is 25.6 Å². The van der Waals surface area contributed by atoms with Crippen molar-refractivity contribution in [2.24, 2.45) is 5.41 Å². The number of aryl methyl sites for hydroxylation is 2. The van der Waals surface area contributed by atoms with Gasteiger partial charge in [0.15, 0.2) is 0 Å². The van der Waals surface area contributed by atoms with Crippen molar-refractivity contribution in [2.45, 2.75) is 39.8 Å². The molecule has 2 atom stereocenters. The van der Waals surface area contributed by atoms with Gasteiger partial charge in [-0.25, -0.2) is 15.0 Å². The number of hydrogen-bond acceptors (Lipinski definition) is 7. The van der Waals surface area contributed by atoms with Crippen molar-refractivity contribution in [1.82, 2.24) is 34.6 Å². The van der Waals surface area contributed by atoms with Gasteiger partial charge in [0.1, 0.15) is 28.8 Å². The highest BCUT2D eigenvalue weighted by molar-refractivity contribution is 9.10. The quantitative estimate of drug-likeness (QED) is 0.332. The fourth-order valence-electron chi connectivity index (χ4n) is 5.04. The number of hydrogen-bond donors (Lipinski definition) is 1. The van der Waals surface area contributed by atoms with E-state index in [0.717, 1.165) is 22.2 Å². The molecule has 0 aromatic carbocycles. The summed E-state index contributed by atoms with van der Waals surface area (Å²) >= 11 is 3.35. The zero-order chi connectivity index (χ0) is 27.5. The second kappa shape index (κ2) is 9.19. The molecule has 196 valence electrons. The molecule has 1 saturated heterocycles. The molecule has 5 heterocycles. The fraction of sp³-hybridized carbons (Fsp3) is 0.250. The summed E-state index contributed by atoms with van der Waals surface area (Å²) in [7, 11) is 0. The third kappa shape index (κ3) is 4.42. The van der Waals surface area contributed by atoms with E-state index in [2.05, 4.69) is 52.9 Å². The number of allylic oxidation sites excluding steroid dienone is 2. The maximum atomic E-state index is 13.7. The Balaban J connectivity index is 1.27. The molecule has 10 nitrogen and oxygen atoms in total. The third-order valence-electron chi connectivity index (χ3n) is 7.24. The van der Waals surface area contributed by atoms with Crippen LogP contribution in [0.1, 0.15) is 30.4 Å². The van der Waals surface area contributed by atoms with Crippen molar-refractivity contribution < 1.29 is 9.59 Å². The Hall–Kier alpha value is -4.25. The first-order valence-electron chi connectivity index (χ1n) is 12.4. The average Bonchev–Trinajstić information content (AvgIpc) is 3.30. The number of anilines is 1. The predicted octanol–water partition coefficient (Wildman–Crippen LogP) is 4.45. The van der Waals surface area contributed by atoms with Crippen LogP contribution in [0.4, 0.5) is 5.82 Å². The van der Waals surface area contributed by atoms with Crippen LogP contribution in [0.2, 0.25) is 0 Å². The largest absolute Gasteiger partial charge is 0.309 e. The van der Waals surface area contributed by atoms with Crippen molar-refractivity contribution in [1.29, 1.82) is 0 Å². The van der Waals surface area contributed by atoms with Gasteiger partial charge in [-0.2, -0.15) is 5.10 Å². The van der Waals surface area contributed by atoms with Crippen molar-refractivity contribution in [3.05, 3.63) is 76.8 Å². The number of nitrogens with one attached hydrogen (secondary N) is 1. The molecule has 0 bridgehead atoms. The summed E-state index contributed by atoms with van der Waals surface area (Å²) in [4.78, 5) is 46.1. The minimum absolute atomic E-state index is 0.0512. The number of halogens is 1. The number of likely N-dealkylation sites (tertiary alicyclic amines) is 1. The second-order valence-electron chi connectivity index (χ2n) is 10.1. The van der Waals surface area contributed by atoms with E-state index in [1.807, 2.05) is 45.0 Å². The molecule has 1 aliphatic heterocycles. The molecule has 0 unspecified atom stereocenters. The van der Waals surface area contributed by atoms with Gasteiger partial charge in [0.2, 0.25) is 11.8 Å². The van der Waals surface area contributed by atoms with Crippen LogP contribution in [-0.4, -0.2) is 52.5 Å². The van der Waals surface area contributed by atoms with Gasteiger partial charge in [0, 0.05) is 34.5 Å². The molecule has 4 aromatic heterocycles. The molecule has 6 rings (SSSR count).